The van der Waals surface area contributed by atoms with Gasteiger partial charge in [-0.1, -0.05) is 35.5 Å². The maximum Gasteiger partial charge on any atom is 0.417 e. The zero-order valence-corrected chi connectivity index (χ0v) is 12.1. The van der Waals surface area contributed by atoms with Gasteiger partial charge < -0.3 is 5.73 Å². The van der Waals surface area contributed by atoms with Crippen molar-refractivity contribution in [1.29, 1.82) is 5.41 Å². The van der Waals surface area contributed by atoms with E-state index in [9.17, 15) is 13.2 Å². The van der Waals surface area contributed by atoms with Gasteiger partial charge >= 0.3 is 6.18 Å². The lowest BCUT2D eigenvalue weighted by Gasteiger charge is -2.13. The molecule has 0 unspecified atom stereocenters. The van der Waals surface area contributed by atoms with Crippen molar-refractivity contribution in [3.05, 3.63) is 58.6 Å². The molecule has 0 heterocycles. The molecule has 2 rings (SSSR count). The standard InChI is InChI=1S/C14H10ClF3N2S/c15-11-3-1-2-4-12(11)21-8-5-6-10(14(16,17)18)9(7-8)13(19)20/h1-7H,(H3,19,20). The summed E-state index contributed by atoms with van der Waals surface area (Å²) in [5.74, 6) is -0.621. The quantitative estimate of drug-likeness (QED) is 0.627. The molecule has 7 heteroatoms. The van der Waals surface area contributed by atoms with E-state index in [0.717, 1.165) is 6.07 Å². The van der Waals surface area contributed by atoms with Gasteiger partial charge in [0.05, 0.1) is 10.6 Å². The average molecular weight is 331 g/mol. The van der Waals surface area contributed by atoms with Gasteiger partial charge in [0.25, 0.3) is 0 Å². The van der Waals surface area contributed by atoms with Gasteiger partial charge in [-0.3, -0.25) is 5.41 Å². The fourth-order valence-electron chi connectivity index (χ4n) is 1.71. The predicted octanol–water partition coefficient (Wildman–Crippen LogP) is 4.79. The second-order valence-electron chi connectivity index (χ2n) is 4.15. The number of nitrogens with one attached hydrogen (secondary N) is 1. The van der Waals surface area contributed by atoms with Crippen molar-refractivity contribution in [2.75, 3.05) is 0 Å². The Labute approximate surface area is 128 Å². The van der Waals surface area contributed by atoms with Gasteiger partial charge in [0.2, 0.25) is 0 Å². The number of alkyl halides is 3. The molecule has 2 nitrogen and oxygen atoms in total. The van der Waals surface area contributed by atoms with Crippen LogP contribution in [0.3, 0.4) is 0 Å². The third kappa shape index (κ3) is 3.71. The topological polar surface area (TPSA) is 49.9 Å². The van der Waals surface area contributed by atoms with Crippen LogP contribution in [0.25, 0.3) is 0 Å². The molecule has 0 saturated carbocycles. The molecule has 0 fully saturated rings. The van der Waals surface area contributed by atoms with Crippen LogP contribution in [0.4, 0.5) is 13.2 Å². The molecule has 0 saturated heterocycles. The normalized spacial score (nSPS) is 11.4. The summed E-state index contributed by atoms with van der Waals surface area (Å²) >= 11 is 7.23. The first kappa shape index (κ1) is 15.7. The molecule has 21 heavy (non-hydrogen) atoms. The Balaban J connectivity index is 2.42. The minimum absolute atomic E-state index is 0.334. The van der Waals surface area contributed by atoms with Crippen LogP contribution in [-0.2, 0) is 6.18 Å². The van der Waals surface area contributed by atoms with E-state index in [4.69, 9.17) is 22.7 Å². The minimum atomic E-state index is -4.55. The zero-order chi connectivity index (χ0) is 15.6. The highest BCUT2D eigenvalue weighted by molar-refractivity contribution is 7.99. The Bertz CT molecular complexity index is 686. The number of hydrogen-bond donors (Lipinski definition) is 2. The van der Waals surface area contributed by atoms with Crippen LogP contribution < -0.4 is 5.73 Å². The molecule has 0 amide bonds. The van der Waals surface area contributed by atoms with Crippen molar-refractivity contribution in [3.8, 4) is 0 Å². The SMILES string of the molecule is N=C(N)c1cc(Sc2ccccc2Cl)ccc1C(F)(F)F. The Hall–Kier alpha value is -1.66. The number of hydrogen-bond acceptors (Lipinski definition) is 2. The first-order valence-corrected chi connectivity index (χ1v) is 6.96. The summed E-state index contributed by atoms with van der Waals surface area (Å²) in [6.45, 7) is 0. The highest BCUT2D eigenvalue weighted by Crippen LogP contribution is 2.37. The summed E-state index contributed by atoms with van der Waals surface area (Å²) in [6.07, 6.45) is -4.55. The van der Waals surface area contributed by atoms with Gasteiger partial charge in [-0.25, -0.2) is 0 Å². The van der Waals surface area contributed by atoms with Crippen LogP contribution >= 0.6 is 23.4 Å². The predicted molar refractivity (Wildman–Crippen MR) is 78.0 cm³/mol. The van der Waals surface area contributed by atoms with E-state index in [1.54, 1.807) is 24.3 Å². The van der Waals surface area contributed by atoms with Crippen LogP contribution in [0.2, 0.25) is 5.02 Å². The number of halogens is 4. The molecule has 110 valence electrons. The lowest BCUT2D eigenvalue weighted by atomic mass is 10.1. The van der Waals surface area contributed by atoms with E-state index in [1.807, 2.05) is 0 Å². The van der Waals surface area contributed by atoms with Crippen LogP contribution in [0, 0.1) is 5.41 Å². The molecule has 0 spiro atoms. The monoisotopic (exact) mass is 330 g/mol. The van der Waals surface area contributed by atoms with E-state index in [2.05, 4.69) is 0 Å². The van der Waals surface area contributed by atoms with E-state index >= 15 is 0 Å². The smallest absolute Gasteiger partial charge is 0.384 e. The van der Waals surface area contributed by atoms with Gasteiger partial charge in [-0.2, -0.15) is 13.2 Å². The highest BCUT2D eigenvalue weighted by Gasteiger charge is 2.34. The molecular formula is C14H10ClF3N2S. The summed E-state index contributed by atoms with van der Waals surface area (Å²) in [6, 6.07) is 10.5. The van der Waals surface area contributed by atoms with Crippen molar-refractivity contribution in [1.82, 2.24) is 0 Å². The van der Waals surface area contributed by atoms with Gasteiger partial charge in [0.1, 0.15) is 5.84 Å². The fraction of sp³-hybridized carbons (Fsp3) is 0.0714. The largest absolute Gasteiger partial charge is 0.417 e. The minimum Gasteiger partial charge on any atom is -0.384 e. The number of rotatable bonds is 3. The van der Waals surface area contributed by atoms with Crippen LogP contribution in [0.15, 0.2) is 52.3 Å². The number of nitrogens with two attached hydrogens (primary N) is 1. The average Bonchev–Trinajstić information content (AvgIpc) is 2.40. The zero-order valence-electron chi connectivity index (χ0n) is 10.5. The highest BCUT2D eigenvalue weighted by atomic mass is 35.5. The summed E-state index contributed by atoms with van der Waals surface area (Å²) < 4.78 is 38.6. The van der Waals surface area contributed by atoms with Crippen LogP contribution in [0.1, 0.15) is 11.1 Å². The molecule has 0 aliphatic heterocycles. The molecule has 0 aliphatic carbocycles. The first-order chi connectivity index (χ1) is 9.79. The maximum absolute atomic E-state index is 12.9. The van der Waals surface area contributed by atoms with Gasteiger partial charge in [-0.15, -0.1) is 0 Å². The van der Waals surface area contributed by atoms with Gasteiger partial charge in [0, 0.05) is 15.4 Å². The van der Waals surface area contributed by atoms with Crippen molar-refractivity contribution in [2.24, 2.45) is 5.73 Å². The number of benzene rings is 2. The molecule has 0 bridgehead atoms. The Morgan fingerprint density at radius 1 is 1.14 bits per heavy atom. The lowest BCUT2D eigenvalue weighted by Crippen LogP contribution is -2.18. The lowest BCUT2D eigenvalue weighted by molar-refractivity contribution is -0.137. The molecular weight excluding hydrogens is 321 g/mol. The maximum atomic E-state index is 12.9. The van der Waals surface area contributed by atoms with Crippen molar-refractivity contribution in [2.45, 2.75) is 16.0 Å². The molecule has 0 atom stereocenters. The van der Waals surface area contributed by atoms with Crippen molar-refractivity contribution < 1.29 is 13.2 Å². The molecule has 2 aromatic rings. The molecule has 0 aromatic heterocycles. The summed E-state index contributed by atoms with van der Waals surface area (Å²) in [5.41, 5.74) is 4.00. The second-order valence-corrected chi connectivity index (χ2v) is 5.67. The van der Waals surface area contributed by atoms with E-state index in [1.165, 1.54) is 23.9 Å². The second kappa shape index (κ2) is 5.99. The Morgan fingerprint density at radius 3 is 2.38 bits per heavy atom. The Kier molecular flexibility index (Phi) is 4.49. The van der Waals surface area contributed by atoms with Crippen LogP contribution in [-0.4, -0.2) is 5.84 Å². The molecule has 0 aliphatic rings. The number of amidine groups is 1. The van der Waals surface area contributed by atoms with Crippen LogP contribution in [0.5, 0.6) is 0 Å². The fourth-order valence-corrected chi connectivity index (χ4v) is 2.84. The van der Waals surface area contributed by atoms with Gasteiger partial charge in [-0.05, 0) is 30.3 Å². The summed E-state index contributed by atoms with van der Waals surface area (Å²) in [5, 5.41) is 7.82. The third-order valence-electron chi connectivity index (χ3n) is 2.65. The van der Waals surface area contributed by atoms with E-state index in [-0.39, 0.29) is 5.56 Å². The Morgan fingerprint density at radius 2 is 1.81 bits per heavy atom. The number of nitrogen functional groups attached to an aromatic ring is 1. The summed E-state index contributed by atoms with van der Waals surface area (Å²) in [7, 11) is 0. The molecule has 2 aromatic carbocycles. The molecule has 0 radical (unpaired) electrons. The first-order valence-electron chi connectivity index (χ1n) is 5.77. The van der Waals surface area contributed by atoms with E-state index in [0.29, 0.717) is 14.8 Å². The van der Waals surface area contributed by atoms with E-state index < -0.39 is 17.6 Å². The van der Waals surface area contributed by atoms with Crippen molar-refractivity contribution >= 4 is 29.2 Å². The van der Waals surface area contributed by atoms with Crippen molar-refractivity contribution in [3.63, 3.8) is 0 Å². The van der Waals surface area contributed by atoms with Gasteiger partial charge in [0.15, 0.2) is 0 Å². The molecule has 3 N–H and O–H groups in total. The third-order valence-corrected chi connectivity index (χ3v) is 4.16. The summed E-state index contributed by atoms with van der Waals surface area (Å²) in [4.78, 5) is 1.25.